The third kappa shape index (κ3) is 2.08. The van der Waals surface area contributed by atoms with E-state index in [-0.39, 0.29) is 0 Å². The Morgan fingerprint density at radius 3 is 2.17 bits per heavy atom. The van der Waals surface area contributed by atoms with Gasteiger partial charge in [0, 0.05) is 11.8 Å². The molecule has 1 aromatic carbocycles. The minimum absolute atomic E-state index is 0.408. The highest BCUT2D eigenvalue weighted by Crippen LogP contribution is 2.30. The Morgan fingerprint density at radius 2 is 1.61 bits per heavy atom. The highest BCUT2D eigenvalue weighted by atomic mass is 16.5. The minimum atomic E-state index is 0.408. The number of ether oxygens (including phenoxy) is 1. The second-order valence-corrected chi connectivity index (χ2v) is 4.56. The highest BCUT2D eigenvalue weighted by Gasteiger charge is 2.12. The number of aromatic nitrogens is 2. The summed E-state index contributed by atoms with van der Waals surface area (Å²) in [5.41, 5.74) is 7.20. The van der Waals surface area contributed by atoms with Crippen molar-refractivity contribution < 1.29 is 4.74 Å². The van der Waals surface area contributed by atoms with Crippen LogP contribution in [0.2, 0.25) is 0 Å². The van der Waals surface area contributed by atoms with Crippen LogP contribution in [0.4, 0.5) is 0 Å². The molecular formula is C15H18N2O. The van der Waals surface area contributed by atoms with Gasteiger partial charge >= 0.3 is 6.01 Å². The number of aryl methyl sites for hydroxylation is 2. The Kier molecular flexibility index (Phi) is 3.32. The van der Waals surface area contributed by atoms with Crippen molar-refractivity contribution in [3.63, 3.8) is 0 Å². The summed E-state index contributed by atoms with van der Waals surface area (Å²) in [5, 5.41) is 0. The Hall–Kier alpha value is -1.90. The summed E-state index contributed by atoms with van der Waals surface area (Å²) in [6, 6.07) is 4.55. The monoisotopic (exact) mass is 242 g/mol. The van der Waals surface area contributed by atoms with Crippen molar-refractivity contribution in [3.05, 3.63) is 40.6 Å². The van der Waals surface area contributed by atoms with Crippen molar-refractivity contribution in [2.24, 2.45) is 0 Å². The number of rotatable bonds is 2. The van der Waals surface area contributed by atoms with E-state index in [0.29, 0.717) is 6.01 Å². The first-order chi connectivity index (χ1) is 8.54. The molecule has 2 rings (SSSR count). The van der Waals surface area contributed by atoms with E-state index in [1.807, 2.05) is 6.07 Å². The van der Waals surface area contributed by atoms with E-state index in [4.69, 9.17) is 4.74 Å². The summed E-state index contributed by atoms with van der Waals surface area (Å²) in [6.07, 6.45) is 1.73. The van der Waals surface area contributed by atoms with Gasteiger partial charge in [-0.2, -0.15) is 4.98 Å². The molecule has 0 radical (unpaired) electrons. The maximum absolute atomic E-state index is 5.09. The van der Waals surface area contributed by atoms with Crippen molar-refractivity contribution in [2.45, 2.75) is 27.7 Å². The van der Waals surface area contributed by atoms with Crippen LogP contribution in [-0.4, -0.2) is 17.1 Å². The molecular weight excluding hydrogens is 224 g/mol. The summed E-state index contributed by atoms with van der Waals surface area (Å²) in [7, 11) is 1.58. The largest absolute Gasteiger partial charge is 0.467 e. The summed E-state index contributed by atoms with van der Waals surface area (Å²) in [4.78, 5) is 8.49. The van der Waals surface area contributed by atoms with Gasteiger partial charge in [0.15, 0.2) is 0 Å². The second-order valence-electron chi connectivity index (χ2n) is 4.56. The van der Waals surface area contributed by atoms with Crippen molar-refractivity contribution in [1.82, 2.24) is 9.97 Å². The van der Waals surface area contributed by atoms with Gasteiger partial charge < -0.3 is 4.74 Å². The Labute approximate surface area is 108 Å². The number of methoxy groups -OCH3 is 1. The van der Waals surface area contributed by atoms with Gasteiger partial charge in [-0.15, -0.1) is 0 Å². The van der Waals surface area contributed by atoms with Crippen LogP contribution in [-0.2, 0) is 0 Å². The molecule has 0 atom stereocenters. The van der Waals surface area contributed by atoms with E-state index in [2.05, 4.69) is 43.7 Å². The Morgan fingerprint density at radius 1 is 1.00 bits per heavy atom. The van der Waals surface area contributed by atoms with Gasteiger partial charge in [-0.25, -0.2) is 4.98 Å². The smallest absolute Gasteiger partial charge is 0.316 e. The van der Waals surface area contributed by atoms with Gasteiger partial charge in [0.05, 0.1) is 12.8 Å². The highest BCUT2D eigenvalue weighted by molar-refractivity contribution is 5.70. The normalized spacial score (nSPS) is 10.5. The lowest BCUT2D eigenvalue weighted by Gasteiger charge is -2.14. The average Bonchev–Trinajstić information content (AvgIpc) is 2.37. The molecule has 0 amide bonds. The fourth-order valence-corrected chi connectivity index (χ4v) is 2.18. The summed E-state index contributed by atoms with van der Waals surface area (Å²) in [5.74, 6) is 0. The van der Waals surface area contributed by atoms with Gasteiger partial charge in [-0.1, -0.05) is 6.07 Å². The lowest BCUT2D eigenvalue weighted by molar-refractivity contribution is 0.380. The van der Waals surface area contributed by atoms with Crippen LogP contribution in [0.3, 0.4) is 0 Å². The van der Waals surface area contributed by atoms with Crippen LogP contribution in [0.15, 0.2) is 18.3 Å². The molecule has 0 aliphatic heterocycles. The standard InChI is InChI=1S/C15H18N2O/c1-9-8-10(2)12(4)14(11(9)3)13-6-7-16-15(17-13)18-5/h6-8H,1-5H3. The van der Waals surface area contributed by atoms with Gasteiger partial charge in [0.1, 0.15) is 0 Å². The molecule has 0 bridgehead atoms. The van der Waals surface area contributed by atoms with Gasteiger partial charge in [0.2, 0.25) is 0 Å². The molecule has 0 N–H and O–H groups in total. The van der Waals surface area contributed by atoms with E-state index in [1.54, 1.807) is 13.3 Å². The lowest BCUT2D eigenvalue weighted by Crippen LogP contribution is -1.99. The van der Waals surface area contributed by atoms with Crippen LogP contribution < -0.4 is 4.74 Å². The first-order valence-electron chi connectivity index (χ1n) is 5.99. The van der Waals surface area contributed by atoms with Crippen LogP contribution in [0, 0.1) is 27.7 Å². The third-order valence-corrected chi connectivity index (χ3v) is 3.44. The van der Waals surface area contributed by atoms with Gasteiger partial charge in [-0.3, -0.25) is 0 Å². The van der Waals surface area contributed by atoms with Crippen LogP contribution in [0.1, 0.15) is 22.3 Å². The fourth-order valence-electron chi connectivity index (χ4n) is 2.18. The Bertz CT molecular complexity index is 565. The molecule has 0 spiro atoms. The van der Waals surface area contributed by atoms with Gasteiger partial charge in [-0.05, 0) is 56.0 Å². The van der Waals surface area contributed by atoms with Crippen LogP contribution in [0.25, 0.3) is 11.3 Å². The van der Waals surface area contributed by atoms with E-state index < -0.39 is 0 Å². The number of nitrogens with zero attached hydrogens (tertiary/aromatic N) is 2. The number of hydrogen-bond acceptors (Lipinski definition) is 3. The minimum Gasteiger partial charge on any atom is -0.467 e. The molecule has 1 aromatic heterocycles. The average molecular weight is 242 g/mol. The molecule has 0 saturated carbocycles. The first kappa shape index (κ1) is 12.6. The van der Waals surface area contributed by atoms with E-state index in [1.165, 1.54) is 27.8 Å². The number of hydrogen-bond donors (Lipinski definition) is 0. The molecule has 3 heteroatoms. The zero-order valence-corrected chi connectivity index (χ0v) is 11.5. The topological polar surface area (TPSA) is 35.0 Å². The SMILES string of the molecule is COc1nccc(-c2c(C)c(C)cc(C)c2C)n1. The van der Waals surface area contributed by atoms with E-state index >= 15 is 0 Å². The van der Waals surface area contributed by atoms with Crippen molar-refractivity contribution in [2.75, 3.05) is 7.11 Å². The molecule has 0 unspecified atom stereocenters. The molecule has 3 nitrogen and oxygen atoms in total. The molecule has 94 valence electrons. The molecule has 0 aliphatic rings. The molecule has 18 heavy (non-hydrogen) atoms. The van der Waals surface area contributed by atoms with E-state index in [0.717, 1.165) is 5.69 Å². The van der Waals surface area contributed by atoms with Crippen molar-refractivity contribution in [3.8, 4) is 17.3 Å². The summed E-state index contributed by atoms with van der Waals surface area (Å²) in [6.45, 7) is 8.52. The fraction of sp³-hybridized carbons (Fsp3) is 0.333. The zero-order valence-electron chi connectivity index (χ0n) is 11.5. The molecule has 0 saturated heterocycles. The van der Waals surface area contributed by atoms with Crippen LogP contribution in [0.5, 0.6) is 6.01 Å². The van der Waals surface area contributed by atoms with Crippen LogP contribution >= 0.6 is 0 Å². The molecule has 0 aliphatic carbocycles. The maximum atomic E-state index is 5.09. The maximum Gasteiger partial charge on any atom is 0.316 e. The predicted octanol–water partition coefficient (Wildman–Crippen LogP) is 3.39. The zero-order chi connectivity index (χ0) is 13.3. The quantitative estimate of drug-likeness (QED) is 0.809. The molecule has 2 aromatic rings. The molecule has 0 fully saturated rings. The second kappa shape index (κ2) is 4.77. The predicted molar refractivity (Wildman–Crippen MR) is 73.0 cm³/mol. The van der Waals surface area contributed by atoms with E-state index in [9.17, 15) is 0 Å². The lowest BCUT2D eigenvalue weighted by atomic mass is 9.92. The summed E-state index contributed by atoms with van der Waals surface area (Å²) < 4.78 is 5.09. The Balaban J connectivity index is 2.70. The first-order valence-corrected chi connectivity index (χ1v) is 5.99. The molecule has 1 heterocycles. The van der Waals surface area contributed by atoms with Gasteiger partial charge in [0.25, 0.3) is 0 Å². The van der Waals surface area contributed by atoms with Crippen molar-refractivity contribution in [1.29, 1.82) is 0 Å². The van der Waals surface area contributed by atoms with Crippen molar-refractivity contribution >= 4 is 0 Å². The number of benzene rings is 1. The summed E-state index contributed by atoms with van der Waals surface area (Å²) >= 11 is 0. The third-order valence-electron chi connectivity index (χ3n) is 3.44.